The van der Waals surface area contributed by atoms with Crippen LogP contribution in [0.1, 0.15) is 21.7 Å². The van der Waals surface area contributed by atoms with E-state index in [2.05, 4.69) is 0 Å². The van der Waals surface area contributed by atoms with Crippen LogP contribution in [0.25, 0.3) is 0 Å². The molecule has 0 N–H and O–H groups in total. The van der Waals surface area contributed by atoms with Gasteiger partial charge >= 0.3 is 5.97 Å². The van der Waals surface area contributed by atoms with Crippen LogP contribution in [-0.2, 0) is 21.4 Å². The normalized spacial score (nSPS) is 11.7. The first-order valence-electron chi connectivity index (χ1n) is 6.66. The standard InChI is InChI=1S/C15H16FNO5S/c1-10-4-5-11(8-13(10)16)15(18)21-9-12-6-7-14(22-12)23(19,20)17(2)3/h4-8H,9H2,1-3H3. The van der Waals surface area contributed by atoms with Crippen LogP contribution in [0.3, 0.4) is 0 Å². The van der Waals surface area contributed by atoms with Crippen molar-refractivity contribution in [2.24, 2.45) is 0 Å². The first kappa shape index (κ1) is 17.2. The number of rotatable bonds is 5. The van der Waals surface area contributed by atoms with Crippen LogP contribution in [0.4, 0.5) is 4.39 Å². The first-order chi connectivity index (χ1) is 10.7. The van der Waals surface area contributed by atoms with E-state index < -0.39 is 21.8 Å². The van der Waals surface area contributed by atoms with Crippen molar-refractivity contribution in [2.75, 3.05) is 14.1 Å². The maximum absolute atomic E-state index is 13.4. The Morgan fingerprint density at radius 3 is 2.57 bits per heavy atom. The SMILES string of the molecule is Cc1ccc(C(=O)OCc2ccc(S(=O)(=O)N(C)C)o2)cc1F. The van der Waals surface area contributed by atoms with Gasteiger partial charge in [0.25, 0.3) is 10.0 Å². The van der Waals surface area contributed by atoms with Crippen molar-refractivity contribution in [1.29, 1.82) is 0 Å². The van der Waals surface area contributed by atoms with Gasteiger partial charge in [0.15, 0.2) is 0 Å². The van der Waals surface area contributed by atoms with Crippen molar-refractivity contribution in [1.82, 2.24) is 4.31 Å². The molecule has 0 unspecified atom stereocenters. The number of hydrogen-bond donors (Lipinski definition) is 0. The maximum atomic E-state index is 13.4. The summed E-state index contributed by atoms with van der Waals surface area (Å²) in [6.07, 6.45) is 0. The molecule has 0 saturated heterocycles. The molecule has 1 aromatic heterocycles. The lowest BCUT2D eigenvalue weighted by molar-refractivity contribution is 0.0440. The Labute approximate surface area is 133 Å². The third-order valence-corrected chi connectivity index (χ3v) is 4.81. The second-order valence-electron chi connectivity index (χ2n) is 5.05. The average molecular weight is 341 g/mol. The van der Waals surface area contributed by atoms with Gasteiger partial charge in [-0.05, 0) is 36.8 Å². The lowest BCUT2D eigenvalue weighted by Crippen LogP contribution is -2.21. The number of hydrogen-bond acceptors (Lipinski definition) is 5. The van der Waals surface area contributed by atoms with Crippen molar-refractivity contribution >= 4 is 16.0 Å². The molecule has 0 spiro atoms. The Morgan fingerprint density at radius 2 is 1.96 bits per heavy atom. The van der Waals surface area contributed by atoms with E-state index in [1.807, 2.05) is 0 Å². The average Bonchev–Trinajstić information content (AvgIpc) is 2.97. The topological polar surface area (TPSA) is 76.8 Å². The van der Waals surface area contributed by atoms with Crippen LogP contribution in [-0.4, -0.2) is 32.8 Å². The second kappa shape index (κ2) is 6.51. The molecular formula is C15H16FNO5S. The van der Waals surface area contributed by atoms with Crippen LogP contribution in [0, 0.1) is 12.7 Å². The summed E-state index contributed by atoms with van der Waals surface area (Å²) in [5.74, 6) is -1.06. The third kappa shape index (κ3) is 3.77. The highest BCUT2D eigenvalue weighted by molar-refractivity contribution is 7.88. The number of carbonyl (C=O) groups excluding carboxylic acids is 1. The largest absolute Gasteiger partial charge is 0.454 e. The Bertz CT molecular complexity index is 826. The summed E-state index contributed by atoms with van der Waals surface area (Å²) < 4.78 is 48.3. The van der Waals surface area contributed by atoms with Crippen LogP contribution >= 0.6 is 0 Å². The molecule has 23 heavy (non-hydrogen) atoms. The first-order valence-corrected chi connectivity index (χ1v) is 8.10. The van der Waals surface area contributed by atoms with Gasteiger partial charge in [-0.3, -0.25) is 0 Å². The highest BCUT2D eigenvalue weighted by Gasteiger charge is 2.22. The van der Waals surface area contributed by atoms with Crippen LogP contribution in [0.5, 0.6) is 0 Å². The van der Waals surface area contributed by atoms with Gasteiger partial charge in [0.2, 0.25) is 5.09 Å². The lowest BCUT2D eigenvalue weighted by Gasteiger charge is -2.08. The molecule has 1 heterocycles. The van der Waals surface area contributed by atoms with E-state index in [1.54, 1.807) is 6.92 Å². The van der Waals surface area contributed by atoms with E-state index in [0.717, 1.165) is 10.4 Å². The Balaban J connectivity index is 2.05. The van der Waals surface area contributed by atoms with Crippen LogP contribution in [0.15, 0.2) is 39.8 Å². The minimum Gasteiger partial charge on any atom is -0.454 e. The number of aryl methyl sites for hydroxylation is 1. The number of halogens is 1. The van der Waals surface area contributed by atoms with Gasteiger partial charge in [0.05, 0.1) is 5.56 Å². The predicted molar refractivity (Wildman–Crippen MR) is 79.8 cm³/mol. The molecule has 0 bridgehead atoms. The summed E-state index contributed by atoms with van der Waals surface area (Å²) in [7, 11) is -0.924. The van der Waals surface area contributed by atoms with E-state index in [1.165, 1.54) is 38.4 Å². The van der Waals surface area contributed by atoms with Gasteiger partial charge in [-0.1, -0.05) is 6.07 Å². The summed E-state index contributed by atoms with van der Waals surface area (Å²) in [6.45, 7) is 1.33. The number of esters is 1. The highest BCUT2D eigenvalue weighted by atomic mass is 32.2. The van der Waals surface area contributed by atoms with E-state index in [-0.39, 0.29) is 23.0 Å². The summed E-state index contributed by atoms with van der Waals surface area (Å²) in [4.78, 5) is 11.8. The molecule has 0 saturated carbocycles. The number of nitrogens with zero attached hydrogens (tertiary/aromatic N) is 1. The lowest BCUT2D eigenvalue weighted by atomic mass is 10.1. The van der Waals surface area contributed by atoms with E-state index >= 15 is 0 Å². The number of benzene rings is 1. The van der Waals surface area contributed by atoms with E-state index in [4.69, 9.17) is 9.15 Å². The number of ether oxygens (including phenoxy) is 1. The molecular weight excluding hydrogens is 325 g/mol. The highest BCUT2D eigenvalue weighted by Crippen LogP contribution is 2.18. The molecule has 1 aromatic carbocycles. The number of sulfonamides is 1. The Hall–Kier alpha value is -2.19. The summed E-state index contributed by atoms with van der Waals surface area (Å²) >= 11 is 0. The van der Waals surface area contributed by atoms with Crippen molar-refractivity contribution in [2.45, 2.75) is 18.6 Å². The molecule has 124 valence electrons. The molecule has 0 atom stereocenters. The molecule has 2 aromatic rings. The van der Waals surface area contributed by atoms with Crippen molar-refractivity contribution < 1.29 is 26.8 Å². The van der Waals surface area contributed by atoms with Crippen molar-refractivity contribution in [3.8, 4) is 0 Å². The van der Waals surface area contributed by atoms with Gasteiger partial charge in [-0.2, -0.15) is 0 Å². The maximum Gasteiger partial charge on any atom is 0.338 e. The zero-order valence-corrected chi connectivity index (χ0v) is 13.7. The molecule has 0 radical (unpaired) electrons. The second-order valence-corrected chi connectivity index (χ2v) is 7.13. The minimum absolute atomic E-state index is 0.0702. The summed E-state index contributed by atoms with van der Waals surface area (Å²) in [6, 6.07) is 6.69. The van der Waals surface area contributed by atoms with E-state index in [9.17, 15) is 17.6 Å². The zero-order valence-electron chi connectivity index (χ0n) is 12.9. The van der Waals surface area contributed by atoms with Gasteiger partial charge in [-0.15, -0.1) is 0 Å². The fourth-order valence-corrected chi connectivity index (χ4v) is 2.51. The van der Waals surface area contributed by atoms with Gasteiger partial charge in [0.1, 0.15) is 18.2 Å². The molecule has 8 heteroatoms. The molecule has 0 aliphatic carbocycles. The molecule has 0 amide bonds. The monoisotopic (exact) mass is 341 g/mol. The molecule has 2 rings (SSSR count). The quantitative estimate of drug-likeness (QED) is 0.780. The van der Waals surface area contributed by atoms with Gasteiger partial charge in [-0.25, -0.2) is 21.9 Å². The molecule has 0 fully saturated rings. The summed E-state index contributed by atoms with van der Waals surface area (Å²) in [5.41, 5.74) is 0.493. The number of carbonyl (C=O) groups is 1. The minimum atomic E-state index is -3.68. The predicted octanol–water partition coefficient (Wildman–Crippen LogP) is 2.33. The zero-order chi connectivity index (χ0) is 17.2. The van der Waals surface area contributed by atoms with Gasteiger partial charge in [0, 0.05) is 14.1 Å². The third-order valence-electron chi connectivity index (χ3n) is 3.13. The van der Waals surface area contributed by atoms with Crippen LogP contribution in [0.2, 0.25) is 0 Å². The Morgan fingerprint density at radius 1 is 1.26 bits per heavy atom. The van der Waals surface area contributed by atoms with Crippen molar-refractivity contribution in [3.63, 3.8) is 0 Å². The van der Waals surface area contributed by atoms with Crippen molar-refractivity contribution in [3.05, 3.63) is 53.0 Å². The molecule has 0 aliphatic rings. The fourth-order valence-electron chi connectivity index (χ4n) is 1.69. The fraction of sp³-hybridized carbons (Fsp3) is 0.267. The van der Waals surface area contributed by atoms with E-state index in [0.29, 0.717) is 5.56 Å². The van der Waals surface area contributed by atoms with Crippen LogP contribution < -0.4 is 0 Å². The number of furan rings is 1. The Kier molecular flexibility index (Phi) is 4.86. The smallest absolute Gasteiger partial charge is 0.338 e. The summed E-state index contributed by atoms with van der Waals surface area (Å²) in [5, 5.41) is -0.241. The molecule has 0 aliphatic heterocycles. The molecule has 6 nitrogen and oxygen atoms in total. The van der Waals surface area contributed by atoms with Gasteiger partial charge < -0.3 is 9.15 Å².